The van der Waals surface area contributed by atoms with Crippen molar-refractivity contribution < 1.29 is 9.59 Å². The van der Waals surface area contributed by atoms with Crippen molar-refractivity contribution >= 4 is 35.0 Å². The number of aryl methyl sites for hydroxylation is 1. The predicted octanol–water partition coefficient (Wildman–Crippen LogP) is 6.01. The van der Waals surface area contributed by atoms with Crippen LogP contribution in [0, 0.1) is 6.92 Å². The Labute approximate surface area is 211 Å². The molecule has 0 aliphatic rings. The predicted molar refractivity (Wildman–Crippen MR) is 139 cm³/mol. The van der Waals surface area contributed by atoms with Crippen LogP contribution in [0.25, 0.3) is 0 Å². The number of carbonyl (C=O) groups excluding carboxylic acids is 2. The molecule has 0 radical (unpaired) electrons. The van der Waals surface area contributed by atoms with Crippen LogP contribution in [-0.2, 0) is 29.0 Å². The van der Waals surface area contributed by atoms with E-state index >= 15 is 0 Å². The highest BCUT2D eigenvalue weighted by molar-refractivity contribution is 6.35. The molecule has 0 saturated carbocycles. The second-order valence-corrected chi connectivity index (χ2v) is 9.64. The lowest BCUT2D eigenvalue weighted by Crippen LogP contribution is -2.52. The maximum absolute atomic E-state index is 13.7. The Bertz CT molecular complexity index is 1130. The first-order valence-electron chi connectivity index (χ1n) is 11.4. The molecule has 3 aromatic carbocycles. The molecule has 0 heterocycles. The Morgan fingerprint density at radius 3 is 2.26 bits per heavy atom. The van der Waals surface area contributed by atoms with E-state index in [9.17, 15) is 9.59 Å². The van der Waals surface area contributed by atoms with Gasteiger partial charge < -0.3 is 10.2 Å². The van der Waals surface area contributed by atoms with Gasteiger partial charge in [0.1, 0.15) is 6.04 Å². The molecule has 0 saturated heterocycles. The Balaban J connectivity index is 1.99. The maximum atomic E-state index is 13.7. The lowest BCUT2D eigenvalue weighted by atomic mass is 10.0. The number of halogens is 2. The zero-order valence-corrected chi connectivity index (χ0v) is 21.2. The third kappa shape index (κ3) is 7.34. The molecule has 1 N–H and O–H groups in total. The second-order valence-electron chi connectivity index (χ2n) is 8.79. The normalized spacial score (nSPS) is 11.8. The van der Waals surface area contributed by atoms with Crippen molar-refractivity contribution in [2.45, 2.75) is 52.2 Å². The van der Waals surface area contributed by atoms with E-state index in [0.29, 0.717) is 28.6 Å². The van der Waals surface area contributed by atoms with Gasteiger partial charge in [0.2, 0.25) is 11.8 Å². The smallest absolute Gasteiger partial charge is 0.243 e. The minimum Gasteiger partial charge on any atom is -0.352 e. The van der Waals surface area contributed by atoms with E-state index in [4.69, 9.17) is 23.2 Å². The van der Waals surface area contributed by atoms with Crippen molar-refractivity contribution in [2.24, 2.45) is 0 Å². The summed E-state index contributed by atoms with van der Waals surface area (Å²) in [5, 5.41) is 3.95. The molecular weight excluding hydrogens is 467 g/mol. The van der Waals surface area contributed by atoms with Crippen LogP contribution in [0.2, 0.25) is 10.0 Å². The van der Waals surface area contributed by atoms with Crippen LogP contribution < -0.4 is 5.32 Å². The average Bonchev–Trinajstić information content (AvgIpc) is 2.78. The first-order valence-corrected chi connectivity index (χ1v) is 12.1. The van der Waals surface area contributed by atoms with Gasteiger partial charge >= 0.3 is 0 Å². The number of rotatable bonds is 9. The van der Waals surface area contributed by atoms with E-state index in [2.05, 4.69) is 5.32 Å². The minimum atomic E-state index is -0.677. The van der Waals surface area contributed by atoms with Crippen molar-refractivity contribution in [2.75, 3.05) is 0 Å². The molecule has 6 heteroatoms. The largest absolute Gasteiger partial charge is 0.352 e. The van der Waals surface area contributed by atoms with E-state index in [0.717, 1.165) is 16.7 Å². The van der Waals surface area contributed by atoms with Gasteiger partial charge in [-0.3, -0.25) is 9.59 Å². The van der Waals surface area contributed by atoms with E-state index in [1.54, 1.807) is 23.1 Å². The fourth-order valence-corrected chi connectivity index (χ4v) is 4.35. The summed E-state index contributed by atoms with van der Waals surface area (Å²) in [5.41, 5.74) is 3.72. The van der Waals surface area contributed by atoms with Crippen LogP contribution in [-0.4, -0.2) is 28.8 Å². The highest BCUT2D eigenvalue weighted by atomic mass is 35.5. The first kappa shape index (κ1) is 25.8. The van der Waals surface area contributed by atoms with Crippen molar-refractivity contribution in [3.63, 3.8) is 0 Å². The van der Waals surface area contributed by atoms with Crippen molar-refractivity contribution in [1.29, 1.82) is 0 Å². The van der Waals surface area contributed by atoms with Crippen LogP contribution in [0.15, 0.2) is 72.8 Å². The zero-order valence-electron chi connectivity index (χ0n) is 19.7. The molecule has 1 atom stereocenters. The van der Waals surface area contributed by atoms with Gasteiger partial charge in [0.25, 0.3) is 0 Å². The van der Waals surface area contributed by atoms with Gasteiger partial charge in [-0.05, 0) is 49.6 Å². The van der Waals surface area contributed by atoms with Crippen LogP contribution in [0.3, 0.4) is 0 Å². The lowest BCUT2D eigenvalue weighted by molar-refractivity contribution is -0.141. The topological polar surface area (TPSA) is 49.4 Å². The summed E-state index contributed by atoms with van der Waals surface area (Å²) >= 11 is 12.4. The number of amides is 2. The van der Waals surface area contributed by atoms with Gasteiger partial charge in [0, 0.05) is 29.1 Å². The third-order valence-corrected chi connectivity index (χ3v) is 6.08. The van der Waals surface area contributed by atoms with Crippen molar-refractivity contribution in [3.05, 3.63) is 105 Å². The third-order valence-electron chi connectivity index (χ3n) is 5.49. The molecule has 0 fully saturated rings. The van der Waals surface area contributed by atoms with Crippen molar-refractivity contribution in [3.8, 4) is 0 Å². The summed E-state index contributed by atoms with van der Waals surface area (Å²) in [6.07, 6.45) is 0.480. The summed E-state index contributed by atoms with van der Waals surface area (Å²) in [5.74, 6) is -0.354. The van der Waals surface area contributed by atoms with Gasteiger partial charge in [-0.2, -0.15) is 0 Å². The summed E-state index contributed by atoms with van der Waals surface area (Å²) < 4.78 is 0. The Hall–Kier alpha value is -2.82. The molecule has 0 aliphatic heterocycles. The molecule has 178 valence electrons. The van der Waals surface area contributed by atoms with E-state index in [1.165, 1.54) is 0 Å². The number of nitrogens with one attached hydrogen (secondary N) is 1. The summed E-state index contributed by atoms with van der Waals surface area (Å²) in [6.45, 7) is 6.15. The Morgan fingerprint density at radius 2 is 1.62 bits per heavy atom. The lowest BCUT2D eigenvalue weighted by Gasteiger charge is -2.32. The molecule has 0 aliphatic carbocycles. The fraction of sp³-hybridized carbons (Fsp3) is 0.286. The molecule has 0 unspecified atom stereocenters. The fourth-order valence-electron chi connectivity index (χ4n) is 3.87. The van der Waals surface area contributed by atoms with E-state index in [1.807, 2.05) is 75.4 Å². The molecular formula is C28H30Cl2N2O2. The number of carbonyl (C=O) groups is 2. The number of hydrogen-bond donors (Lipinski definition) is 1. The summed E-state index contributed by atoms with van der Waals surface area (Å²) in [7, 11) is 0. The minimum absolute atomic E-state index is 0.0487. The Kier molecular flexibility index (Phi) is 9.14. The summed E-state index contributed by atoms with van der Waals surface area (Å²) in [4.78, 5) is 28.8. The molecule has 34 heavy (non-hydrogen) atoms. The molecule has 3 aromatic rings. The van der Waals surface area contributed by atoms with E-state index in [-0.39, 0.29) is 24.3 Å². The molecule has 2 amide bonds. The first-order chi connectivity index (χ1) is 16.2. The Morgan fingerprint density at radius 1 is 0.912 bits per heavy atom. The number of benzene rings is 3. The number of nitrogens with zero attached hydrogens (tertiary/aromatic N) is 1. The molecule has 0 bridgehead atoms. The van der Waals surface area contributed by atoms with Crippen LogP contribution in [0.1, 0.15) is 36.1 Å². The second kappa shape index (κ2) is 12.0. The highest BCUT2D eigenvalue weighted by Gasteiger charge is 2.31. The summed E-state index contributed by atoms with van der Waals surface area (Å²) in [6, 6.07) is 22.1. The van der Waals surface area contributed by atoms with Gasteiger partial charge in [0.15, 0.2) is 0 Å². The highest BCUT2D eigenvalue weighted by Crippen LogP contribution is 2.23. The molecule has 3 rings (SSSR count). The van der Waals surface area contributed by atoms with Crippen LogP contribution >= 0.6 is 23.2 Å². The quantitative estimate of drug-likeness (QED) is 0.394. The van der Waals surface area contributed by atoms with Crippen molar-refractivity contribution in [1.82, 2.24) is 10.2 Å². The molecule has 0 spiro atoms. The van der Waals surface area contributed by atoms with Gasteiger partial charge in [-0.15, -0.1) is 0 Å². The SMILES string of the molecule is Cc1cccc(CN(C(=O)Cc2ccc(Cl)cc2Cl)[C@@H](Cc2ccccc2)C(=O)NC(C)C)c1. The van der Waals surface area contributed by atoms with Crippen LogP contribution in [0.4, 0.5) is 0 Å². The van der Waals surface area contributed by atoms with Gasteiger partial charge in [-0.1, -0.05) is 89.4 Å². The zero-order chi connectivity index (χ0) is 24.7. The molecule has 0 aromatic heterocycles. The standard InChI is InChI=1S/C28H30Cl2N2O2/c1-19(2)31-28(34)26(15-21-9-5-4-6-10-21)32(18-22-11-7-8-20(3)14-22)27(33)16-23-12-13-24(29)17-25(23)30/h4-14,17,19,26H,15-16,18H2,1-3H3,(H,31,34)/t26-/m0/s1. The average molecular weight is 497 g/mol. The van der Waals surface area contributed by atoms with Gasteiger partial charge in [0.05, 0.1) is 6.42 Å². The molecule has 4 nitrogen and oxygen atoms in total. The monoisotopic (exact) mass is 496 g/mol. The van der Waals surface area contributed by atoms with Crippen LogP contribution in [0.5, 0.6) is 0 Å². The number of hydrogen-bond acceptors (Lipinski definition) is 2. The van der Waals surface area contributed by atoms with Gasteiger partial charge in [-0.25, -0.2) is 0 Å². The van der Waals surface area contributed by atoms with E-state index < -0.39 is 6.04 Å². The maximum Gasteiger partial charge on any atom is 0.243 e.